The van der Waals surface area contributed by atoms with Crippen LogP contribution in [-0.2, 0) is 4.79 Å². The van der Waals surface area contributed by atoms with Gasteiger partial charge in [-0.05, 0) is 62.4 Å². The lowest BCUT2D eigenvalue weighted by atomic mass is 9.88. The number of hydrogen-bond acceptors (Lipinski definition) is 4. The molecule has 7 heteroatoms. The molecule has 2 N–H and O–H groups in total. The van der Waals surface area contributed by atoms with Gasteiger partial charge in [0.1, 0.15) is 11.8 Å². The molecule has 3 amide bonds. The Bertz CT molecular complexity index is 983. The van der Waals surface area contributed by atoms with Crippen LogP contribution in [0.4, 0.5) is 0 Å². The maximum absolute atomic E-state index is 12.9. The van der Waals surface area contributed by atoms with Crippen LogP contribution in [0.25, 0.3) is 0 Å². The van der Waals surface area contributed by atoms with Gasteiger partial charge in [-0.1, -0.05) is 30.7 Å². The second-order valence-electron chi connectivity index (χ2n) is 8.47. The molecule has 1 saturated heterocycles. The van der Waals surface area contributed by atoms with Crippen molar-refractivity contribution < 1.29 is 19.1 Å². The summed E-state index contributed by atoms with van der Waals surface area (Å²) in [6, 6.07) is 13.8. The lowest BCUT2D eigenvalue weighted by Gasteiger charge is -2.36. The molecule has 1 aliphatic heterocycles. The summed E-state index contributed by atoms with van der Waals surface area (Å²) in [5.74, 6) is 0.107. The van der Waals surface area contributed by atoms with E-state index in [9.17, 15) is 14.4 Å². The van der Waals surface area contributed by atoms with Gasteiger partial charge in [-0.2, -0.15) is 0 Å². The normalized spacial score (nSPS) is 14.9. The van der Waals surface area contributed by atoms with Crippen molar-refractivity contribution in [1.29, 1.82) is 0 Å². The van der Waals surface area contributed by atoms with Crippen molar-refractivity contribution in [3.63, 3.8) is 0 Å². The Morgan fingerprint density at radius 1 is 1.06 bits per heavy atom. The van der Waals surface area contributed by atoms with Crippen LogP contribution in [0.3, 0.4) is 0 Å². The van der Waals surface area contributed by atoms with E-state index in [4.69, 9.17) is 4.74 Å². The summed E-state index contributed by atoms with van der Waals surface area (Å²) in [4.78, 5) is 40.5. The number of methoxy groups -OCH3 is 1. The van der Waals surface area contributed by atoms with Gasteiger partial charge in [-0.15, -0.1) is 0 Å². The molecule has 2 aromatic carbocycles. The SMILES string of the molecule is CCCNC(=O)[C@H](NC(=O)c1cccc(C)c1)C1CCN(C(=O)c2cccc(OC)c2)CC1. The first-order valence-corrected chi connectivity index (χ1v) is 11.5. The summed E-state index contributed by atoms with van der Waals surface area (Å²) >= 11 is 0. The predicted octanol–water partition coefficient (Wildman–Crippen LogP) is 3.18. The first-order chi connectivity index (χ1) is 15.9. The van der Waals surface area contributed by atoms with Crippen LogP contribution in [-0.4, -0.2) is 55.4 Å². The molecule has 1 fully saturated rings. The Labute approximate surface area is 195 Å². The average molecular weight is 452 g/mol. The number of benzene rings is 2. The summed E-state index contributed by atoms with van der Waals surface area (Å²) in [6.45, 7) is 5.53. The number of ether oxygens (including phenoxy) is 1. The van der Waals surface area contributed by atoms with Gasteiger partial charge < -0.3 is 20.3 Å². The van der Waals surface area contributed by atoms with Crippen LogP contribution >= 0.6 is 0 Å². The molecule has 0 unspecified atom stereocenters. The molecule has 0 radical (unpaired) electrons. The summed E-state index contributed by atoms with van der Waals surface area (Å²) in [5.41, 5.74) is 2.10. The fourth-order valence-electron chi connectivity index (χ4n) is 4.14. The Morgan fingerprint density at radius 2 is 1.76 bits per heavy atom. The van der Waals surface area contributed by atoms with E-state index in [-0.39, 0.29) is 23.6 Å². The molecule has 3 rings (SSSR count). The topological polar surface area (TPSA) is 87.7 Å². The van der Waals surface area contributed by atoms with Crippen LogP contribution in [0.5, 0.6) is 5.75 Å². The number of carbonyl (C=O) groups is 3. The third-order valence-electron chi connectivity index (χ3n) is 6.01. The third kappa shape index (κ3) is 6.34. The fourth-order valence-corrected chi connectivity index (χ4v) is 4.14. The minimum Gasteiger partial charge on any atom is -0.497 e. The zero-order valence-corrected chi connectivity index (χ0v) is 19.6. The number of carbonyl (C=O) groups excluding carboxylic acids is 3. The highest BCUT2D eigenvalue weighted by molar-refractivity contribution is 5.98. The van der Waals surface area contributed by atoms with Crippen molar-refractivity contribution >= 4 is 17.7 Å². The van der Waals surface area contributed by atoms with Gasteiger partial charge in [-0.25, -0.2) is 0 Å². The Balaban J connectivity index is 1.68. The van der Waals surface area contributed by atoms with Gasteiger partial charge in [0.15, 0.2) is 0 Å². The molecule has 0 spiro atoms. The highest BCUT2D eigenvalue weighted by Gasteiger charge is 2.34. The van der Waals surface area contributed by atoms with Gasteiger partial charge in [0, 0.05) is 30.8 Å². The van der Waals surface area contributed by atoms with Crippen molar-refractivity contribution in [1.82, 2.24) is 15.5 Å². The molecule has 33 heavy (non-hydrogen) atoms. The van der Waals surface area contributed by atoms with Crippen LogP contribution in [0, 0.1) is 12.8 Å². The summed E-state index contributed by atoms with van der Waals surface area (Å²) in [6.07, 6.45) is 2.08. The number of hydrogen-bond donors (Lipinski definition) is 2. The van der Waals surface area contributed by atoms with E-state index in [1.54, 1.807) is 42.3 Å². The van der Waals surface area contributed by atoms with Crippen molar-refractivity contribution in [3.8, 4) is 5.75 Å². The maximum atomic E-state index is 12.9. The molecular formula is C26H33N3O4. The Morgan fingerprint density at radius 3 is 2.42 bits per heavy atom. The molecule has 1 heterocycles. The van der Waals surface area contributed by atoms with Crippen LogP contribution in [0.1, 0.15) is 52.5 Å². The quantitative estimate of drug-likeness (QED) is 0.645. The van der Waals surface area contributed by atoms with Crippen molar-refractivity contribution in [2.45, 2.75) is 39.2 Å². The maximum Gasteiger partial charge on any atom is 0.253 e. The molecule has 7 nitrogen and oxygen atoms in total. The number of piperidine rings is 1. The van der Waals surface area contributed by atoms with E-state index >= 15 is 0 Å². The summed E-state index contributed by atoms with van der Waals surface area (Å²) < 4.78 is 5.22. The van der Waals surface area contributed by atoms with E-state index in [2.05, 4.69) is 10.6 Å². The predicted molar refractivity (Wildman–Crippen MR) is 127 cm³/mol. The zero-order chi connectivity index (χ0) is 23.8. The van der Waals surface area contributed by atoms with E-state index < -0.39 is 6.04 Å². The monoisotopic (exact) mass is 451 g/mol. The van der Waals surface area contributed by atoms with E-state index in [1.807, 2.05) is 32.0 Å². The number of nitrogens with zero attached hydrogens (tertiary/aromatic N) is 1. The van der Waals surface area contributed by atoms with Gasteiger partial charge in [0.25, 0.3) is 11.8 Å². The molecule has 2 aromatic rings. The number of amides is 3. The lowest BCUT2D eigenvalue weighted by molar-refractivity contribution is -0.124. The standard InChI is InChI=1S/C26H33N3O4/c1-4-13-27-25(31)23(28-24(30)20-8-5-7-18(2)16-20)19-11-14-29(15-12-19)26(32)21-9-6-10-22(17-21)33-3/h5-10,16-17,19,23H,4,11-15H2,1-3H3,(H,27,31)(H,28,30)/t23-/m1/s1. The smallest absolute Gasteiger partial charge is 0.253 e. The van der Waals surface area contributed by atoms with Gasteiger partial charge >= 0.3 is 0 Å². The van der Waals surface area contributed by atoms with Crippen LogP contribution in [0.2, 0.25) is 0 Å². The number of likely N-dealkylation sites (tertiary alicyclic amines) is 1. The van der Waals surface area contributed by atoms with Gasteiger partial charge in [-0.3, -0.25) is 14.4 Å². The molecule has 1 atom stereocenters. The van der Waals surface area contributed by atoms with Crippen LogP contribution in [0.15, 0.2) is 48.5 Å². The molecule has 1 aliphatic rings. The van der Waals surface area contributed by atoms with E-state index in [0.29, 0.717) is 49.4 Å². The zero-order valence-electron chi connectivity index (χ0n) is 19.6. The molecule has 0 aliphatic carbocycles. The van der Waals surface area contributed by atoms with Crippen molar-refractivity contribution in [2.24, 2.45) is 5.92 Å². The molecule has 0 saturated carbocycles. The van der Waals surface area contributed by atoms with Crippen molar-refractivity contribution in [2.75, 3.05) is 26.7 Å². The second-order valence-corrected chi connectivity index (χ2v) is 8.47. The minimum absolute atomic E-state index is 0.0509. The van der Waals surface area contributed by atoms with Crippen molar-refractivity contribution in [3.05, 3.63) is 65.2 Å². The highest BCUT2D eigenvalue weighted by atomic mass is 16.5. The van der Waals surface area contributed by atoms with E-state index in [0.717, 1.165) is 12.0 Å². The van der Waals surface area contributed by atoms with Gasteiger partial charge in [0.2, 0.25) is 5.91 Å². The summed E-state index contributed by atoms with van der Waals surface area (Å²) in [7, 11) is 1.57. The fraction of sp³-hybridized carbons (Fsp3) is 0.423. The first-order valence-electron chi connectivity index (χ1n) is 11.5. The van der Waals surface area contributed by atoms with Crippen LogP contribution < -0.4 is 15.4 Å². The summed E-state index contributed by atoms with van der Waals surface area (Å²) in [5, 5.41) is 5.88. The minimum atomic E-state index is -0.640. The number of aryl methyl sites for hydroxylation is 1. The molecule has 176 valence electrons. The molecule has 0 aromatic heterocycles. The third-order valence-corrected chi connectivity index (χ3v) is 6.01. The average Bonchev–Trinajstić information content (AvgIpc) is 2.85. The highest BCUT2D eigenvalue weighted by Crippen LogP contribution is 2.24. The first kappa shape index (κ1) is 24.3. The molecule has 0 bridgehead atoms. The molecular weight excluding hydrogens is 418 g/mol. The van der Waals surface area contributed by atoms with E-state index in [1.165, 1.54) is 0 Å². The van der Waals surface area contributed by atoms with Gasteiger partial charge in [0.05, 0.1) is 7.11 Å². The Kier molecular flexibility index (Phi) is 8.46. The number of rotatable bonds is 8. The Hall–Kier alpha value is -3.35. The largest absolute Gasteiger partial charge is 0.497 e. The second kappa shape index (κ2) is 11.5. The lowest BCUT2D eigenvalue weighted by Crippen LogP contribution is -2.54. The number of nitrogens with one attached hydrogen (secondary N) is 2.